The van der Waals surface area contributed by atoms with Crippen LogP contribution in [0.1, 0.15) is 23.1 Å². The van der Waals surface area contributed by atoms with Gasteiger partial charge in [0.05, 0.1) is 11.7 Å². The van der Waals surface area contributed by atoms with Crippen LogP contribution in [0.5, 0.6) is 0 Å². The fraction of sp³-hybridized carbons (Fsp3) is 0.333. The predicted molar refractivity (Wildman–Crippen MR) is 98.4 cm³/mol. The number of nitrogens with zero attached hydrogens (tertiary/aromatic N) is 2. The zero-order chi connectivity index (χ0) is 16.0. The van der Waals surface area contributed by atoms with Gasteiger partial charge in [0.1, 0.15) is 0 Å². The summed E-state index contributed by atoms with van der Waals surface area (Å²) in [5.74, 6) is 0. The second-order valence-electron chi connectivity index (χ2n) is 6.95. The maximum atomic E-state index is 4.47. The van der Waals surface area contributed by atoms with Crippen LogP contribution in [-0.4, -0.2) is 31.6 Å². The highest BCUT2D eigenvalue weighted by Gasteiger charge is 2.37. The fourth-order valence-corrected chi connectivity index (χ4v) is 4.03. The lowest BCUT2D eigenvalue weighted by Crippen LogP contribution is -2.30. The van der Waals surface area contributed by atoms with Crippen LogP contribution in [0.4, 0.5) is 11.4 Å². The van der Waals surface area contributed by atoms with E-state index in [1.54, 1.807) is 0 Å². The van der Waals surface area contributed by atoms with E-state index in [1.807, 2.05) is 0 Å². The topological polar surface area (TPSA) is 6.48 Å². The number of hydrogen-bond acceptors (Lipinski definition) is 2. The molecule has 0 aromatic heterocycles. The van der Waals surface area contributed by atoms with Gasteiger partial charge in [0.2, 0.25) is 0 Å². The maximum absolute atomic E-state index is 4.47. The molecule has 2 aliphatic rings. The van der Waals surface area contributed by atoms with Crippen molar-refractivity contribution in [3.63, 3.8) is 0 Å². The molecule has 4 rings (SSSR count). The van der Waals surface area contributed by atoms with Gasteiger partial charge in [-0.15, -0.1) is 0 Å². The first kappa shape index (κ1) is 14.5. The molecular weight excluding hydrogens is 280 g/mol. The van der Waals surface area contributed by atoms with Gasteiger partial charge in [-0.25, -0.2) is 0 Å². The van der Waals surface area contributed by atoms with Crippen molar-refractivity contribution in [2.24, 2.45) is 0 Å². The minimum Gasteiger partial charge on any atom is -0.333 e. The first-order valence-corrected chi connectivity index (χ1v) is 8.50. The van der Waals surface area contributed by atoms with Crippen molar-refractivity contribution >= 4 is 16.9 Å². The average Bonchev–Trinajstić information content (AvgIpc) is 2.73. The quantitative estimate of drug-likeness (QED) is 0.835. The average molecular weight is 304 g/mol. The molecule has 118 valence electrons. The number of aryl methyl sites for hydroxylation is 2. The summed E-state index contributed by atoms with van der Waals surface area (Å²) in [6.07, 6.45) is 3.34. The van der Waals surface area contributed by atoms with Crippen molar-refractivity contribution in [1.82, 2.24) is 4.90 Å². The van der Waals surface area contributed by atoms with E-state index in [9.17, 15) is 0 Å². The normalized spacial score (nSPS) is 18.8. The molecule has 0 spiro atoms. The molecule has 23 heavy (non-hydrogen) atoms. The van der Waals surface area contributed by atoms with Gasteiger partial charge < -0.3 is 9.80 Å². The van der Waals surface area contributed by atoms with Crippen molar-refractivity contribution in [1.29, 1.82) is 0 Å². The number of para-hydroxylation sites is 2. The van der Waals surface area contributed by atoms with Crippen LogP contribution in [-0.2, 0) is 12.8 Å². The molecule has 2 aromatic rings. The van der Waals surface area contributed by atoms with Gasteiger partial charge in [0.25, 0.3) is 0 Å². The molecule has 2 aromatic carbocycles. The van der Waals surface area contributed by atoms with Crippen LogP contribution < -0.4 is 4.90 Å². The molecule has 2 heterocycles. The lowest BCUT2D eigenvalue weighted by Gasteiger charge is -2.30. The lowest BCUT2D eigenvalue weighted by atomic mass is 9.97. The van der Waals surface area contributed by atoms with Crippen molar-refractivity contribution in [2.45, 2.75) is 25.3 Å². The summed E-state index contributed by atoms with van der Waals surface area (Å²) in [6.45, 7) is 5.54. The molecule has 0 aliphatic carbocycles. The molecule has 0 fully saturated rings. The second kappa shape index (κ2) is 5.54. The molecule has 2 heteroatoms. The van der Waals surface area contributed by atoms with Gasteiger partial charge >= 0.3 is 0 Å². The van der Waals surface area contributed by atoms with Crippen LogP contribution in [0, 0.1) is 0 Å². The van der Waals surface area contributed by atoms with Crippen LogP contribution in [0.3, 0.4) is 0 Å². The monoisotopic (exact) mass is 304 g/mol. The highest BCUT2D eigenvalue weighted by Crippen LogP contribution is 2.49. The third-order valence-electron chi connectivity index (χ3n) is 5.18. The first-order valence-electron chi connectivity index (χ1n) is 8.50. The Morgan fingerprint density at radius 2 is 1.78 bits per heavy atom. The molecule has 2 aliphatic heterocycles. The minimum absolute atomic E-state index is 0.368. The lowest BCUT2D eigenvalue weighted by molar-refractivity contribution is 0.394. The Hall–Kier alpha value is -2.06. The molecule has 0 saturated carbocycles. The maximum Gasteiger partial charge on any atom is 0.0605 e. The predicted octanol–water partition coefficient (Wildman–Crippen LogP) is 4.27. The molecule has 0 amide bonds. The Morgan fingerprint density at radius 3 is 2.61 bits per heavy atom. The van der Waals surface area contributed by atoms with Crippen molar-refractivity contribution in [3.05, 3.63) is 65.7 Å². The standard InChI is InChI=1S/C21H24N2/c1-15-18-9-6-8-17-12-11-16-7-4-5-10-20(16)23(21(17)18)19(15)13-14-22(2)3/h4-10,19H,1,11-14H2,2-3H3. The van der Waals surface area contributed by atoms with Crippen molar-refractivity contribution in [2.75, 3.05) is 25.5 Å². The molecule has 0 saturated heterocycles. The Morgan fingerprint density at radius 1 is 1.04 bits per heavy atom. The minimum atomic E-state index is 0.368. The fourth-order valence-electron chi connectivity index (χ4n) is 4.03. The van der Waals surface area contributed by atoms with Crippen molar-refractivity contribution < 1.29 is 0 Å². The Kier molecular flexibility index (Phi) is 3.50. The smallest absolute Gasteiger partial charge is 0.0605 e. The van der Waals surface area contributed by atoms with E-state index in [-0.39, 0.29) is 0 Å². The van der Waals surface area contributed by atoms with Crippen molar-refractivity contribution in [3.8, 4) is 0 Å². The van der Waals surface area contributed by atoms with Gasteiger partial charge in [-0.3, -0.25) is 0 Å². The summed E-state index contributed by atoms with van der Waals surface area (Å²) in [7, 11) is 4.29. The van der Waals surface area contributed by atoms with E-state index in [0.717, 1.165) is 25.8 Å². The SMILES string of the molecule is C=C1c2cccc3c2N(c2ccccc2CC3)C1CCN(C)C. The molecule has 0 N–H and O–H groups in total. The number of benzene rings is 2. The Bertz CT molecular complexity index is 760. The first-order chi connectivity index (χ1) is 11.2. The summed E-state index contributed by atoms with van der Waals surface area (Å²) in [5, 5.41) is 0. The van der Waals surface area contributed by atoms with E-state index in [4.69, 9.17) is 0 Å². The van der Waals surface area contributed by atoms with E-state index < -0.39 is 0 Å². The van der Waals surface area contributed by atoms with Crippen LogP contribution >= 0.6 is 0 Å². The highest BCUT2D eigenvalue weighted by atomic mass is 15.2. The largest absolute Gasteiger partial charge is 0.333 e. The van der Waals surface area contributed by atoms with E-state index in [2.05, 4.69) is 72.9 Å². The Labute approximate surface area is 139 Å². The molecule has 0 radical (unpaired) electrons. The highest BCUT2D eigenvalue weighted by molar-refractivity contribution is 5.94. The van der Waals surface area contributed by atoms with Gasteiger partial charge in [0.15, 0.2) is 0 Å². The summed E-state index contributed by atoms with van der Waals surface area (Å²) >= 11 is 0. The van der Waals surface area contributed by atoms with Gasteiger partial charge in [-0.2, -0.15) is 0 Å². The van der Waals surface area contributed by atoms with Gasteiger partial charge in [-0.1, -0.05) is 43.0 Å². The summed E-state index contributed by atoms with van der Waals surface area (Å²) in [5.41, 5.74) is 8.34. The third-order valence-corrected chi connectivity index (χ3v) is 5.18. The van der Waals surface area contributed by atoms with E-state index >= 15 is 0 Å². The Balaban J connectivity index is 1.87. The molecule has 0 bridgehead atoms. The molecule has 1 unspecified atom stereocenters. The second-order valence-corrected chi connectivity index (χ2v) is 6.95. The zero-order valence-electron chi connectivity index (χ0n) is 14.0. The number of anilines is 2. The molecular formula is C21H24N2. The summed E-state index contributed by atoms with van der Waals surface area (Å²) < 4.78 is 0. The van der Waals surface area contributed by atoms with Crippen LogP contribution in [0.25, 0.3) is 5.57 Å². The number of hydrogen-bond donors (Lipinski definition) is 0. The van der Waals surface area contributed by atoms with Gasteiger partial charge in [0, 0.05) is 11.3 Å². The summed E-state index contributed by atoms with van der Waals surface area (Å²) in [6, 6.07) is 16.0. The molecule has 1 atom stereocenters. The van der Waals surface area contributed by atoms with Crippen LogP contribution in [0.15, 0.2) is 49.0 Å². The molecule has 2 nitrogen and oxygen atoms in total. The van der Waals surface area contributed by atoms with E-state index in [0.29, 0.717) is 6.04 Å². The summed E-state index contributed by atoms with van der Waals surface area (Å²) in [4.78, 5) is 4.83. The van der Waals surface area contributed by atoms with E-state index in [1.165, 1.54) is 33.6 Å². The number of fused-ring (bicyclic) bond motifs is 2. The zero-order valence-corrected chi connectivity index (χ0v) is 14.0. The third kappa shape index (κ3) is 2.29. The van der Waals surface area contributed by atoms with Gasteiger partial charge in [-0.05, 0) is 62.7 Å². The van der Waals surface area contributed by atoms with Crippen LogP contribution in [0.2, 0.25) is 0 Å². The number of rotatable bonds is 3.